The minimum Gasteiger partial charge on any atom is -0.493 e. The Balaban J connectivity index is 1.21. The fourth-order valence-electron chi connectivity index (χ4n) is 5.26. The number of ether oxygens (including phenoxy) is 2. The van der Waals surface area contributed by atoms with Crippen LogP contribution in [0.5, 0.6) is 11.5 Å². The van der Waals surface area contributed by atoms with Crippen molar-refractivity contribution < 1.29 is 28.7 Å². The molecule has 3 fully saturated rings. The molecule has 1 aromatic rings. The number of carbonyl (C=O) groups is 4. The summed E-state index contributed by atoms with van der Waals surface area (Å²) >= 11 is 0.874. The average Bonchev–Trinajstić information content (AvgIpc) is 3.58. The van der Waals surface area contributed by atoms with Gasteiger partial charge in [0.25, 0.3) is 17.1 Å². The number of nitrogens with zero attached hydrogens (tertiary/aromatic N) is 2. The Kier molecular flexibility index (Phi) is 7.57. The van der Waals surface area contributed by atoms with Gasteiger partial charge in [-0.05, 0) is 49.7 Å². The van der Waals surface area contributed by atoms with Crippen LogP contribution in [0.15, 0.2) is 40.8 Å². The van der Waals surface area contributed by atoms with Crippen molar-refractivity contribution in [3.05, 3.63) is 46.4 Å². The molecule has 2 unspecified atom stereocenters. The molecule has 3 aliphatic heterocycles. The third-order valence-corrected chi connectivity index (χ3v) is 8.01. The summed E-state index contributed by atoms with van der Waals surface area (Å²) in [6.07, 6.45) is 9.41. The number of carbonyl (C=O) groups excluding carboxylic acids is 4. The summed E-state index contributed by atoms with van der Waals surface area (Å²) < 4.78 is 11.0. The van der Waals surface area contributed by atoms with Crippen molar-refractivity contribution >= 4 is 46.5 Å². The van der Waals surface area contributed by atoms with Gasteiger partial charge in [-0.1, -0.05) is 18.2 Å². The normalized spacial score (nSPS) is 23.8. The second kappa shape index (κ2) is 11.0. The smallest absolute Gasteiger partial charge is 0.290 e. The lowest BCUT2D eigenvalue weighted by Gasteiger charge is -2.23. The van der Waals surface area contributed by atoms with Crippen LogP contribution in [0.2, 0.25) is 0 Å². The van der Waals surface area contributed by atoms with E-state index in [1.54, 1.807) is 26.4 Å². The number of imide groups is 2. The average molecular weight is 539 g/mol. The maximum Gasteiger partial charge on any atom is 0.290 e. The molecule has 1 aromatic carbocycles. The van der Waals surface area contributed by atoms with E-state index < -0.39 is 11.1 Å². The Morgan fingerprint density at radius 2 is 1.95 bits per heavy atom. The van der Waals surface area contributed by atoms with Crippen molar-refractivity contribution in [3.63, 3.8) is 0 Å². The topological polar surface area (TPSA) is 117 Å². The van der Waals surface area contributed by atoms with E-state index >= 15 is 0 Å². The highest BCUT2D eigenvalue weighted by atomic mass is 32.2. The molecule has 200 valence electrons. The maximum atomic E-state index is 12.6. The number of likely N-dealkylation sites (tertiary alicyclic amines) is 1. The van der Waals surface area contributed by atoms with Gasteiger partial charge in [-0.25, -0.2) is 0 Å². The summed E-state index contributed by atoms with van der Waals surface area (Å²) in [5.74, 6) is 0.117. The van der Waals surface area contributed by atoms with Crippen LogP contribution >= 0.6 is 11.8 Å². The zero-order valence-corrected chi connectivity index (χ0v) is 22.1. The van der Waals surface area contributed by atoms with Gasteiger partial charge in [-0.15, -0.1) is 0 Å². The summed E-state index contributed by atoms with van der Waals surface area (Å²) in [5.41, 5.74) is 2.24. The Bertz CT molecular complexity index is 1270. The van der Waals surface area contributed by atoms with Gasteiger partial charge in [0, 0.05) is 48.6 Å². The van der Waals surface area contributed by atoms with Gasteiger partial charge in [-0.3, -0.25) is 29.4 Å². The number of amides is 4. The van der Waals surface area contributed by atoms with Gasteiger partial charge >= 0.3 is 0 Å². The minimum absolute atomic E-state index is 0.0939. The van der Waals surface area contributed by atoms with Crippen molar-refractivity contribution in [2.24, 2.45) is 5.92 Å². The number of anilines is 1. The summed E-state index contributed by atoms with van der Waals surface area (Å²) in [6, 6.07) is 3.92. The van der Waals surface area contributed by atoms with Gasteiger partial charge < -0.3 is 19.7 Å². The highest BCUT2D eigenvalue weighted by molar-refractivity contribution is 8.18. The summed E-state index contributed by atoms with van der Waals surface area (Å²) in [4.78, 5) is 53.0. The minimum atomic E-state index is -0.413. The number of thioether (sulfide) groups is 1. The van der Waals surface area contributed by atoms with Crippen LogP contribution in [0.1, 0.15) is 24.8 Å². The van der Waals surface area contributed by atoms with E-state index in [-0.39, 0.29) is 23.8 Å². The Hall–Kier alpha value is -3.57. The lowest BCUT2D eigenvalue weighted by Crippen LogP contribution is -2.36. The van der Waals surface area contributed by atoms with Crippen LogP contribution < -0.4 is 25.0 Å². The molecule has 3 saturated heterocycles. The van der Waals surface area contributed by atoms with E-state index in [4.69, 9.17) is 9.47 Å². The van der Waals surface area contributed by atoms with Crippen molar-refractivity contribution in [1.29, 1.82) is 0 Å². The van der Waals surface area contributed by atoms with E-state index in [9.17, 15) is 19.2 Å². The molecule has 5 rings (SSSR count). The number of rotatable bonds is 9. The van der Waals surface area contributed by atoms with Gasteiger partial charge in [0.2, 0.25) is 5.91 Å². The molecule has 2 atom stereocenters. The van der Waals surface area contributed by atoms with E-state index in [0.29, 0.717) is 47.9 Å². The van der Waals surface area contributed by atoms with E-state index in [1.165, 1.54) is 4.90 Å². The molecule has 3 heterocycles. The van der Waals surface area contributed by atoms with Crippen molar-refractivity contribution in [3.8, 4) is 11.5 Å². The number of nitrogens with one attached hydrogen (secondary N) is 2. The maximum absolute atomic E-state index is 12.6. The SMILES string of the molecule is COc1cc(C=C2SC(=O)NC2=O)c(N2CCC(NCCCN3C(=O)C4=CC=CCC4C3=O)C2)cc1OC. The van der Waals surface area contributed by atoms with Crippen molar-refractivity contribution in [2.45, 2.75) is 25.3 Å². The van der Waals surface area contributed by atoms with Gasteiger partial charge in [0.05, 0.1) is 25.0 Å². The second-order valence-electron chi connectivity index (χ2n) is 9.49. The Labute approximate surface area is 225 Å². The lowest BCUT2D eigenvalue weighted by atomic mass is 9.94. The van der Waals surface area contributed by atoms with E-state index in [1.807, 2.05) is 24.3 Å². The molecule has 1 aliphatic carbocycles. The molecular formula is C27H30N4O6S. The fraction of sp³-hybridized carbons (Fsp3) is 0.407. The fourth-order valence-corrected chi connectivity index (χ4v) is 5.94. The standard InChI is InChI=1S/C27H30N4O6S/c1-36-21-12-16(13-23-24(32)29-27(35)38-23)20(14-22(21)37-2)30-11-8-17(15-30)28-9-5-10-31-25(33)18-6-3-4-7-19(18)26(31)34/h3-4,6,12-14,17,19,28H,5,7-11,15H2,1-2H3,(H,29,32,35). The number of fused-ring (bicyclic) bond motifs is 1. The number of methoxy groups -OCH3 is 2. The first-order chi connectivity index (χ1) is 18.4. The number of hydrogen-bond acceptors (Lipinski definition) is 9. The summed E-state index contributed by atoms with van der Waals surface area (Å²) in [6.45, 7) is 2.60. The predicted octanol–water partition coefficient (Wildman–Crippen LogP) is 2.46. The molecule has 38 heavy (non-hydrogen) atoms. The molecule has 4 aliphatic rings. The second-order valence-corrected chi connectivity index (χ2v) is 10.5. The van der Waals surface area contributed by atoms with Crippen molar-refractivity contribution in [2.75, 3.05) is 45.3 Å². The van der Waals surface area contributed by atoms with Crippen LogP contribution in [0, 0.1) is 5.92 Å². The van der Waals surface area contributed by atoms with Crippen molar-refractivity contribution in [1.82, 2.24) is 15.5 Å². The van der Waals surface area contributed by atoms with Crippen LogP contribution in [-0.2, 0) is 14.4 Å². The van der Waals surface area contributed by atoms with Crippen LogP contribution in [0.25, 0.3) is 6.08 Å². The molecule has 4 amide bonds. The van der Waals surface area contributed by atoms with E-state index in [0.717, 1.165) is 42.5 Å². The molecule has 0 saturated carbocycles. The quantitative estimate of drug-likeness (QED) is 0.278. The summed E-state index contributed by atoms with van der Waals surface area (Å²) in [7, 11) is 3.13. The third-order valence-electron chi connectivity index (χ3n) is 7.20. The van der Waals surface area contributed by atoms with E-state index in [2.05, 4.69) is 15.5 Å². The van der Waals surface area contributed by atoms with Gasteiger partial charge in [-0.2, -0.15) is 0 Å². The largest absolute Gasteiger partial charge is 0.493 e. The predicted molar refractivity (Wildman–Crippen MR) is 144 cm³/mol. The first-order valence-electron chi connectivity index (χ1n) is 12.6. The molecule has 2 N–H and O–H groups in total. The third kappa shape index (κ3) is 5.08. The van der Waals surface area contributed by atoms with Gasteiger partial charge in [0.1, 0.15) is 0 Å². The molecular weight excluding hydrogens is 508 g/mol. The Morgan fingerprint density at radius 1 is 1.16 bits per heavy atom. The number of benzene rings is 1. The monoisotopic (exact) mass is 538 g/mol. The highest BCUT2D eigenvalue weighted by Crippen LogP contribution is 2.39. The molecule has 10 nitrogen and oxygen atoms in total. The zero-order chi connectivity index (χ0) is 26.8. The number of allylic oxidation sites excluding steroid dienone is 3. The molecule has 0 spiro atoms. The zero-order valence-electron chi connectivity index (χ0n) is 21.3. The highest BCUT2D eigenvalue weighted by Gasteiger charge is 2.42. The molecule has 0 radical (unpaired) electrons. The first kappa shape index (κ1) is 26.1. The lowest BCUT2D eigenvalue weighted by molar-refractivity contribution is -0.139. The van der Waals surface area contributed by atoms with Crippen LogP contribution in [0.4, 0.5) is 10.5 Å². The molecule has 0 aromatic heterocycles. The number of hydrogen-bond donors (Lipinski definition) is 2. The molecule has 11 heteroatoms. The van der Waals surface area contributed by atoms with Crippen LogP contribution in [0.3, 0.4) is 0 Å². The summed E-state index contributed by atoms with van der Waals surface area (Å²) in [5, 5.41) is 5.45. The first-order valence-corrected chi connectivity index (χ1v) is 13.4. The molecule has 0 bridgehead atoms. The van der Waals surface area contributed by atoms with Gasteiger partial charge in [0.15, 0.2) is 11.5 Å². The Morgan fingerprint density at radius 3 is 2.66 bits per heavy atom. The van der Waals surface area contributed by atoms with Crippen LogP contribution in [-0.4, -0.2) is 74.3 Å².